The van der Waals surface area contributed by atoms with E-state index in [2.05, 4.69) is 10.3 Å². The summed E-state index contributed by atoms with van der Waals surface area (Å²) in [4.78, 5) is 15.6. The van der Waals surface area contributed by atoms with Crippen molar-refractivity contribution in [2.24, 2.45) is 11.7 Å². The molecule has 0 aliphatic heterocycles. The van der Waals surface area contributed by atoms with Crippen LogP contribution < -0.4 is 11.1 Å². The van der Waals surface area contributed by atoms with Crippen molar-refractivity contribution in [1.29, 1.82) is 0 Å². The van der Waals surface area contributed by atoms with E-state index in [1.54, 1.807) is 6.20 Å². The third kappa shape index (κ3) is 4.40. The smallest absolute Gasteiger partial charge is 0.225 e. The van der Waals surface area contributed by atoms with Gasteiger partial charge in [0.05, 0.1) is 0 Å². The molecule has 16 heavy (non-hydrogen) atoms. The molecule has 0 spiro atoms. The molecule has 0 bridgehead atoms. The lowest BCUT2D eigenvalue weighted by Gasteiger charge is -2.08. The van der Waals surface area contributed by atoms with E-state index in [1.165, 1.54) is 0 Å². The van der Waals surface area contributed by atoms with Crippen LogP contribution in [0.5, 0.6) is 0 Å². The van der Waals surface area contributed by atoms with Crippen molar-refractivity contribution in [3.63, 3.8) is 0 Å². The minimum atomic E-state index is -0.00148. The van der Waals surface area contributed by atoms with Crippen molar-refractivity contribution in [3.05, 3.63) is 23.9 Å². The van der Waals surface area contributed by atoms with E-state index in [0.717, 1.165) is 12.0 Å². The van der Waals surface area contributed by atoms with Crippen LogP contribution in [0.2, 0.25) is 0 Å². The largest absolute Gasteiger partial charge is 0.330 e. The fraction of sp³-hybridized carbons (Fsp3) is 0.500. The molecule has 88 valence electrons. The average molecular weight is 221 g/mol. The van der Waals surface area contributed by atoms with Gasteiger partial charge in [0, 0.05) is 12.6 Å². The first-order chi connectivity index (χ1) is 7.61. The summed E-state index contributed by atoms with van der Waals surface area (Å²) in [6.07, 6.45) is 3.00. The van der Waals surface area contributed by atoms with E-state index in [-0.39, 0.29) is 5.91 Å². The van der Waals surface area contributed by atoms with Crippen molar-refractivity contribution < 1.29 is 4.79 Å². The summed E-state index contributed by atoms with van der Waals surface area (Å²) < 4.78 is 0. The monoisotopic (exact) mass is 221 g/mol. The number of amides is 1. The SMILES string of the molecule is Cc1ccnc(NC(=O)CCC(C)CN)c1. The highest BCUT2D eigenvalue weighted by molar-refractivity contribution is 5.89. The van der Waals surface area contributed by atoms with Gasteiger partial charge in [0.15, 0.2) is 0 Å². The van der Waals surface area contributed by atoms with Gasteiger partial charge in [-0.2, -0.15) is 0 Å². The normalized spacial score (nSPS) is 12.2. The summed E-state index contributed by atoms with van der Waals surface area (Å²) in [7, 11) is 0. The Balaban J connectivity index is 2.40. The highest BCUT2D eigenvalue weighted by Crippen LogP contribution is 2.08. The molecule has 1 aromatic rings. The maximum atomic E-state index is 11.6. The van der Waals surface area contributed by atoms with E-state index in [0.29, 0.717) is 24.7 Å². The van der Waals surface area contributed by atoms with Crippen LogP contribution in [0.4, 0.5) is 5.82 Å². The van der Waals surface area contributed by atoms with Crippen LogP contribution in [0.1, 0.15) is 25.3 Å². The summed E-state index contributed by atoms with van der Waals surface area (Å²) in [6, 6.07) is 3.75. The number of nitrogens with zero attached hydrogens (tertiary/aromatic N) is 1. The van der Waals surface area contributed by atoms with Crippen LogP contribution in [-0.4, -0.2) is 17.4 Å². The second kappa shape index (κ2) is 6.23. The van der Waals surface area contributed by atoms with Crippen molar-refractivity contribution in [2.45, 2.75) is 26.7 Å². The summed E-state index contributed by atoms with van der Waals surface area (Å²) in [6.45, 7) is 4.63. The molecule has 1 aromatic heterocycles. The molecular weight excluding hydrogens is 202 g/mol. The third-order valence-electron chi connectivity index (χ3n) is 2.45. The first-order valence-electron chi connectivity index (χ1n) is 5.54. The Kier molecular flexibility index (Phi) is 4.92. The van der Waals surface area contributed by atoms with Gasteiger partial charge in [-0.05, 0) is 43.5 Å². The Bertz CT molecular complexity index is 352. The topological polar surface area (TPSA) is 68.0 Å². The minimum Gasteiger partial charge on any atom is -0.330 e. The molecular formula is C12H19N3O. The lowest BCUT2D eigenvalue weighted by Crippen LogP contribution is -2.16. The molecule has 1 heterocycles. The van der Waals surface area contributed by atoms with Gasteiger partial charge in [-0.25, -0.2) is 4.98 Å². The van der Waals surface area contributed by atoms with Crippen LogP contribution in [0.15, 0.2) is 18.3 Å². The Morgan fingerprint density at radius 3 is 3.00 bits per heavy atom. The number of anilines is 1. The molecule has 0 radical (unpaired) electrons. The number of rotatable bonds is 5. The van der Waals surface area contributed by atoms with Gasteiger partial charge in [-0.15, -0.1) is 0 Å². The molecule has 0 aliphatic carbocycles. The number of aryl methyl sites for hydroxylation is 1. The summed E-state index contributed by atoms with van der Waals surface area (Å²) in [5, 5.41) is 2.77. The fourth-order valence-electron chi connectivity index (χ4n) is 1.31. The van der Waals surface area contributed by atoms with Crippen molar-refractivity contribution in [2.75, 3.05) is 11.9 Å². The zero-order valence-corrected chi connectivity index (χ0v) is 9.86. The van der Waals surface area contributed by atoms with Gasteiger partial charge >= 0.3 is 0 Å². The predicted molar refractivity (Wildman–Crippen MR) is 65.1 cm³/mol. The first kappa shape index (κ1) is 12.6. The molecule has 1 rings (SSSR count). The van der Waals surface area contributed by atoms with E-state index in [9.17, 15) is 4.79 Å². The predicted octanol–water partition coefficient (Wildman–Crippen LogP) is 1.70. The Morgan fingerprint density at radius 2 is 2.38 bits per heavy atom. The molecule has 0 fully saturated rings. The lowest BCUT2D eigenvalue weighted by molar-refractivity contribution is -0.116. The summed E-state index contributed by atoms with van der Waals surface area (Å²) in [5.41, 5.74) is 6.57. The molecule has 4 heteroatoms. The number of nitrogens with two attached hydrogens (primary N) is 1. The number of hydrogen-bond acceptors (Lipinski definition) is 3. The molecule has 4 nitrogen and oxygen atoms in total. The van der Waals surface area contributed by atoms with Crippen LogP contribution in [0.25, 0.3) is 0 Å². The van der Waals surface area contributed by atoms with E-state index >= 15 is 0 Å². The molecule has 3 N–H and O–H groups in total. The molecule has 1 unspecified atom stereocenters. The highest BCUT2D eigenvalue weighted by atomic mass is 16.1. The van der Waals surface area contributed by atoms with Crippen molar-refractivity contribution in [1.82, 2.24) is 4.98 Å². The Morgan fingerprint density at radius 1 is 1.62 bits per heavy atom. The van der Waals surface area contributed by atoms with Gasteiger partial charge in [-0.3, -0.25) is 4.79 Å². The highest BCUT2D eigenvalue weighted by Gasteiger charge is 2.06. The second-order valence-corrected chi connectivity index (χ2v) is 4.15. The lowest BCUT2D eigenvalue weighted by atomic mass is 10.1. The number of pyridine rings is 1. The van der Waals surface area contributed by atoms with E-state index in [1.807, 2.05) is 26.0 Å². The van der Waals surface area contributed by atoms with Crippen molar-refractivity contribution >= 4 is 11.7 Å². The zero-order chi connectivity index (χ0) is 12.0. The molecule has 0 aliphatic rings. The van der Waals surface area contributed by atoms with Gasteiger partial charge < -0.3 is 11.1 Å². The zero-order valence-electron chi connectivity index (χ0n) is 9.86. The standard InChI is InChI=1S/C12H19N3O/c1-9-5-6-14-11(7-9)15-12(16)4-3-10(2)8-13/h5-7,10H,3-4,8,13H2,1-2H3,(H,14,15,16). The van der Waals surface area contributed by atoms with Crippen LogP contribution in [0.3, 0.4) is 0 Å². The molecule has 1 amide bonds. The molecule has 0 saturated carbocycles. The van der Waals surface area contributed by atoms with Crippen LogP contribution >= 0.6 is 0 Å². The Hall–Kier alpha value is -1.42. The number of carbonyl (C=O) groups is 1. The maximum Gasteiger partial charge on any atom is 0.225 e. The van der Waals surface area contributed by atoms with Gasteiger partial charge in [0.1, 0.15) is 5.82 Å². The minimum absolute atomic E-state index is 0.00148. The van der Waals surface area contributed by atoms with Gasteiger partial charge in [0.25, 0.3) is 0 Å². The first-order valence-corrected chi connectivity index (χ1v) is 5.54. The number of aromatic nitrogens is 1. The number of carbonyl (C=O) groups excluding carboxylic acids is 1. The number of hydrogen-bond donors (Lipinski definition) is 2. The summed E-state index contributed by atoms with van der Waals surface area (Å²) >= 11 is 0. The third-order valence-corrected chi connectivity index (χ3v) is 2.45. The van der Waals surface area contributed by atoms with E-state index in [4.69, 9.17) is 5.73 Å². The van der Waals surface area contributed by atoms with Gasteiger partial charge in [0.2, 0.25) is 5.91 Å². The molecule has 0 saturated heterocycles. The maximum absolute atomic E-state index is 11.6. The Labute approximate surface area is 96.3 Å². The van der Waals surface area contributed by atoms with Crippen molar-refractivity contribution in [3.8, 4) is 0 Å². The average Bonchev–Trinajstić information content (AvgIpc) is 2.26. The van der Waals surface area contributed by atoms with Crippen LogP contribution in [0, 0.1) is 12.8 Å². The molecule has 0 aromatic carbocycles. The van der Waals surface area contributed by atoms with Crippen LogP contribution in [-0.2, 0) is 4.79 Å². The quantitative estimate of drug-likeness (QED) is 0.795. The second-order valence-electron chi connectivity index (χ2n) is 4.15. The van der Waals surface area contributed by atoms with Gasteiger partial charge in [-0.1, -0.05) is 6.92 Å². The van der Waals surface area contributed by atoms with E-state index < -0.39 is 0 Å². The molecule has 1 atom stereocenters. The fourth-order valence-corrected chi connectivity index (χ4v) is 1.31. The number of nitrogens with one attached hydrogen (secondary N) is 1. The summed E-state index contributed by atoms with van der Waals surface area (Å²) in [5.74, 6) is 1.00.